The fraction of sp³-hybridized carbons (Fsp3) is 0.524. The Balaban J connectivity index is 2.08. The Morgan fingerprint density at radius 1 is 1.04 bits per heavy atom. The molecule has 0 aliphatic carbocycles. The zero-order valence-corrected chi connectivity index (χ0v) is 16.7. The summed E-state index contributed by atoms with van der Waals surface area (Å²) in [5.74, 6) is 0.763. The van der Waals surface area contributed by atoms with Crippen molar-refractivity contribution in [1.82, 2.24) is 14.5 Å². The number of hydrogen-bond acceptors (Lipinski definition) is 4. The summed E-state index contributed by atoms with van der Waals surface area (Å²) in [6.07, 6.45) is 3.57. The molecule has 0 saturated carbocycles. The summed E-state index contributed by atoms with van der Waals surface area (Å²) < 4.78 is 1.83. The van der Waals surface area contributed by atoms with Crippen molar-refractivity contribution in [1.29, 1.82) is 0 Å². The van der Waals surface area contributed by atoms with E-state index in [1.54, 1.807) is 0 Å². The predicted molar refractivity (Wildman–Crippen MR) is 107 cm³/mol. The van der Waals surface area contributed by atoms with E-state index >= 15 is 0 Å². The fourth-order valence-electron chi connectivity index (χ4n) is 3.52. The van der Waals surface area contributed by atoms with E-state index in [0.717, 1.165) is 42.5 Å². The Kier molecular flexibility index (Phi) is 5.47. The van der Waals surface area contributed by atoms with Gasteiger partial charge in [-0.15, -0.1) is 0 Å². The Morgan fingerprint density at radius 2 is 1.81 bits per heavy atom. The van der Waals surface area contributed by atoms with Gasteiger partial charge in [0, 0.05) is 23.5 Å². The molecule has 0 unspecified atom stereocenters. The number of rotatable bonds is 5. The summed E-state index contributed by atoms with van der Waals surface area (Å²) in [7, 11) is 0. The van der Waals surface area contributed by atoms with Crippen molar-refractivity contribution in [3.8, 4) is 0 Å². The lowest BCUT2D eigenvalue weighted by atomic mass is 10.1. The molecular formula is C21H30N4O. The van der Waals surface area contributed by atoms with Gasteiger partial charge in [-0.1, -0.05) is 31.9 Å². The first-order valence-corrected chi connectivity index (χ1v) is 9.58. The summed E-state index contributed by atoms with van der Waals surface area (Å²) in [4.78, 5) is 22.3. The van der Waals surface area contributed by atoms with Crippen molar-refractivity contribution < 1.29 is 0 Å². The summed E-state index contributed by atoms with van der Waals surface area (Å²) in [6, 6.07) is 6.34. The van der Waals surface area contributed by atoms with Gasteiger partial charge in [-0.3, -0.25) is 19.2 Å². The molecule has 3 rings (SSSR count). The van der Waals surface area contributed by atoms with E-state index in [4.69, 9.17) is 4.98 Å². The number of hydrogen-bond donors (Lipinski definition) is 0. The summed E-state index contributed by atoms with van der Waals surface area (Å²) in [5.41, 5.74) is 5.25. The second-order valence-electron chi connectivity index (χ2n) is 7.39. The molecule has 0 amide bonds. The third kappa shape index (κ3) is 3.40. The van der Waals surface area contributed by atoms with E-state index in [2.05, 4.69) is 48.8 Å². The molecule has 0 fully saturated rings. The molecule has 0 N–H and O–H groups in total. The first-order valence-electron chi connectivity index (χ1n) is 9.58. The highest BCUT2D eigenvalue weighted by Crippen LogP contribution is 2.31. The topological polar surface area (TPSA) is 41.4 Å². The van der Waals surface area contributed by atoms with Crippen molar-refractivity contribution in [2.24, 2.45) is 0 Å². The van der Waals surface area contributed by atoms with Crippen molar-refractivity contribution in [3.63, 3.8) is 0 Å². The van der Waals surface area contributed by atoms with Gasteiger partial charge in [0.15, 0.2) is 0 Å². The number of anilines is 2. The number of aromatic nitrogens is 2. The van der Waals surface area contributed by atoms with Crippen LogP contribution in [0.2, 0.25) is 0 Å². The minimum Gasteiger partial charge on any atom is -0.298 e. The van der Waals surface area contributed by atoms with Gasteiger partial charge in [-0.05, 0) is 51.3 Å². The Hall–Kier alpha value is -2.14. The third-order valence-corrected chi connectivity index (χ3v) is 5.49. The van der Waals surface area contributed by atoms with E-state index in [-0.39, 0.29) is 5.56 Å². The second-order valence-corrected chi connectivity index (χ2v) is 7.39. The van der Waals surface area contributed by atoms with Crippen LogP contribution in [0.3, 0.4) is 0 Å². The van der Waals surface area contributed by atoms with Crippen LogP contribution in [0, 0.1) is 27.7 Å². The van der Waals surface area contributed by atoms with Crippen LogP contribution in [-0.2, 0) is 6.67 Å². The van der Waals surface area contributed by atoms with Gasteiger partial charge in [-0.2, -0.15) is 0 Å². The van der Waals surface area contributed by atoms with Gasteiger partial charge in [0.25, 0.3) is 5.56 Å². The molecule has 0 radical (unpaired) electrons. The SMILES string of the molecule is CCCCCN1CN(c2cccc(C)c2C)c2nc(C)c(C)c(=O)n2C1. The number of benzene rings is 1. The van der Waals surface area contributed by atoms with E-state index in [9.17, 15) is 4.79 Å². The highest BCUT2D eigenvalue weighted by Gasteiger charge is 2.27. The van der Waals surface area contributed by atoms with Gasteiger partial charge >= 0.3 is 0 Å². The van der Waals surface area contributed by atoms with E-state index < -0.39 is 0 Å². The van der Waals surface area contributed by atoms with Crippen LogP contribution >= 0.6 is 0 Å². The Labute approximate surface area is 156 Å². The quantitative estimate of drug-likeness (QED) is 0.760. The van der Waals surface area contributed by atoms with Crippen LogP contribution < -0.4 is 10.5 Å². The number of unbranched alkanes of at least 4 members (excludes halogenated alkanes) is 2. The molecule has 2 aromatic rings. The highest BCUT2D eigenvalue weighted by atomic mass is 16.1. The molecule has 0 spiro atoms. The molecule has 5 nitrogen and oxygen atoms in total. The van der Waals surface area contributed by atoms with Crippen molar-refractivity contribution in [2.45, 2.75) is 60.5 Å². The lowest BCUT2D eigenvalue weighted by Gasteiger charge is -2.39. The molecule has 0 saturated heterocycles. The van der Waals surface area contributed by atoms with Gasteiger partial charge < -0.3 is 0 Å². The molecule has 0 bridgehead atoms. The Bertz CT molecular complexity index is 856. The van der Waals surface area contributed by atoms with Crippen LogP contribution in [0.1, 0.15) is 48.6 Å². The van der Waals surface area contributed by atoms with Crippen LogP contribution in [0.5, 0.6) is 0 Å². The largest absolute Gasteiger partial charge is 0.298 e. The van der Waals surface area contributed by atoms with Gasteiger partial charge in [0.05, 0.1) is 13.3 Å². The smallest absolute Gasteiger partial charge is 0.259 e. The zero-order chi connectivity index (χ0) is 18.8. The average Bonchev–Trinajstić information content (AvgIpc) is 2.62. The van der Waals surface area contributed by atoms with E-state index in [1.165, 1.54) is 24.0 Å². The maximum atomic E-state index is 12.9. The zero-order valence-electron chi connectivity index (χ0n) is 16.7. The maximum absolute atomic E-state index is 12.9. The van der Waals surface area contributed by atoms with Crippen molar-refractivity contribution >= 4 is 11.6 Å². The van der Waals surface area contributed by atoms with Crippen LogP contribution in [0.25, 0.3) is 0 Å². The van der Waals surface area contributed by atoms with Gasteiger partial charge in [0.1, 0.15) is 0 Å². The minimum absolute atomic E-state index is 0.0722. The molecule has 1 aliphatic heterocycles. The van der Waals surface area contributed by atoms with Crippen LogP contribution in [0.4, 0.5) is 11.6 Å². The third-order valence-electron chi connectivity index (χ3n) is 5.49. The lowest BCUT2D eigenvalue weighted by Crippen LogP contribution is -2.48. The standard InChI is InChI=1S/C21H30N4O/c1-6-7-8-12-23-13-24(19-11-9-10-15(2)16(19)3)21-22-18(5)17(4)20(26)25(21)14-23/h9-11H,6-8,12-14H2,1-5H3. The summed E-state index contributed by atoms with van der Waals surface area (Å²) >= 11 is 0. The number of nitrogens with zero attached hydrogens (tertiary/aromatic N) is 4. The highest BCUT2D eigenvalue weighted by molar-refractivity contribution is 5.64. The number of fused-ring (bicyclic) bond motifs is 1. The first kappa shape index (κ1) is 18.6. The van der Waals surface area contributed by atoms with Crippen LogP contribution in [-0.4, -0.2) is 27.7 Å². The van der Waals surface area contributed by atoms with Crippen molar-refractivity contribution in [3.05, 3.63) is 50.9 Å². The molecule has 140 valence electrons. The minimum atomic E-state index is 0.0722. The first-order chi connectivity index (χ1) is 12.4. The fourth-order valence-corrected chi connectivity index (χ4v) is 3.52. The van der Waals surface area contributed by atoms with E-state index in [0.29, 0.717) is 6.67 Å². The normalized spacial score (nSPS) is 14.6. The number of aryl methyl sites for hydroxylation is 2. The molecule has 5 heteroatoms. The maximum Gasteiger partial charge on any atom is 0.259 e. The molecule has 26 heavy (non-hydrogen) atoms. The molecular weight excluding hydrogens is 324 g/mol. The molecule has 1 aromatic carbocycles. The second kappa shape index (κ2) is 7.62. The van der Waals surface area contributed by atoms with Gasteiger partial charge in [0.2, 0.25) is 5.95 Å². The Morgan fingerprint density at radius 3 is 2.54 bits per heavy atom. The van der Waals surface area contributed by atoms with Crippen molar-refractivity contribution in [2.75, 3.05) is 18.1 Å². The van der Waals surface area contributed by atoms with Crippen LogP contribution in [0.15, 0.2) is 23.0 Å². The monoisotopic (exact) mass is 354 g/mol. The average molecular weight is 354 g/mol. The molecule has 0 atom stereocenters. The molecule has 1 aliphatic rings. The van der Waals surface area contributed by atoms with Gasteiger partial charge in [-0.25, -0.2) is 4.98 Å². The predicted octanol–water partition coefficient (Wildman–Crippen LogP) is 4.04. The molecule has 1 aromatic heterocycles. The summed E-state index contributed by atoms with van der Waals surface area (Å²) in [5, 5.41) is 0. The lowest BCUT2D eigenvalue weighted by molar-refractivity contribution is 0.194. The van der Waals surface area contributed by atoms with E-state index in [1.807, 2.05) is 18.4 Å². The molecule has 2 heterocycles. The summed E-state index contributed by atoms with van der Waals surface area (Å²) in [6.45, 7) is 12.7.